The Kier molecular flexibility index (Phi) is 6.97. The zero-order valence-electron chi connectivity index (χ0n) is 11.2. The first-order valence-electron chi connectivity index (χ1n) is 6.50. The van der Waals surface area contributed by atoms with Crippen molar-refractivity contribution in [1.29, 1.82) is 0 Å². The van der Waals surface area contributed by atoms with Crippen LogP contribution in [0.3, 0.4) is 0 Å². The lowest BCUT2D eigenvalue weighted by Crippen LogP contribution is -2.28. The van der Waals surface area contributed by atoms with E-state index in [1.54, 1.807) is 12.4 Å². The molecule has 5 nitrogen and oxygen atoms in total. The van der Waals surface area contributed by atoms with Gasteiger partial charge in [-0.2, -0.15) is 0 Å². The van der Waals surface area contributed by atoms with E-state index in [2.05, 4.69) is 9.71 Å². The van der Waals surface area contributed by atoms with Crippen LogP contribution < -0.4 is 4.72 Å². The summed E-state index contributed by atoms with van der Waals surface area (Å²) in [6.07, 6.45) is 5.38. The van der Waals surface area contributed by atoms with Crippen molar-refractivity contribution in [3.8, 4) is 0 Å². The molecule has 19 heavy (non-hydrogen) atoms. The Balaban J connectivity index is 2.25. The number of nitrogens with zero attached hydrogens (tertiary/aromatic N) is 1. The summed E-state index contributed by atoms with van der Waals surface area (Å²) in [6.45, 7) is 2.52. The van der Waals surface area contributed by atoms with Crippen LogP contribution in [0.4, 0.5) is 0 Å². The van der Waals surface area contributed by atoms with Crippen LogP contribution in [0, 0.1) is 5.92 Å². The molecule has 0 aliphatic heterocycles. The first-order chi connectivity index (χ1) is 9.03. The summed E-state index contributed by atoms with van der Waals surface area (Å²) >= 11 is 0. The van der Waals surface area contributed by atoms with Crippen molar-refractivity contribution in [3.63, 3.8) is 0 Å². The van der Waals surface area contributed by atoms with Gasteiger partial charge in [-0.25, -0.2) is 13.1 Å². The number of nitrogens with one attached hydrogen (secondary N) is 1. The lowest BCUT2D eigenvalue weighted by molar-refractivity contribution is 0.228. The Labute approximate surface area is 115 Å². The maximum Gasteiger partial charge on any atom is 0.211 e. The van der Waals surface area contributed by atoms with Crippen LogP contribution in [-0.2, 0) is 16.4 Å². The van der Waals surface area contributed by atoms with Crippen LogP contribution >= 0.6 is 0 Å². The number of aliphatic hydroxyl groups excluding tert-OH is 1. The second-order valence-corrected chi connectivity index (χ2v) is 6.68. The monoisotopic (exact) mass is 286 g/mol. The number of aromatic nitrogens is 1. The Morgan fingerprint density at radius 1 is 1.37 bits per heavy atom. The van der Waals surface area contributed by atoms with Gasteiger partial charge in [-0.1, -0.05) is 6.92 Å². The topological polar surface area (TPSA) is 79.3 Å². The predicted octanol–water partition coefficient (Wildman–Crippen LogP) is 0.952. The van der Waals surface area contributed by atoms with Crippen molar-refractivity contribution in [2.24, 2.45) is 5.92 Å². The quantitative estimate of drug-likeness (QED) is 0.663. The Morgan fingerprint density at radius 3 is 2.68 bits per heavy atom. The van der Waals surface area contributed by atoms with Gasteiger partial charge in [0.25, 0.3) is 0 Å². The summed E-state index contributed by atoms with van der Waals surface area (Å²) in [7, 11) is -3.22. The highest BCUT2D eigenvalue weighted by molar-refractivity contribution is 7.89. The summed E-state index contributed by atoms with van der Waals surface area (Å²) < 4.78 is 26.1. The lowest BCUT2D eigenvalue weighted by atomic mass is 10.1. The second kappa shape index (κ2) is 8.24. The van der Waals surface area contributed by atoms with Crippen molar-refractivity contribution in [3.05, 3.63) is 30.1 Å². The van der Waals surface area contributed by atoms with Crippen molar-refractivity contribution in [2.45, 2.75) is 26.2 Å². The van der Waals surface area contributed by atoms with E-state index < -0.39 is 10.0 Å². The average molecular weight is 286 g/mol. The summed E-state index contributed by atoms with van der Waals surface area (Å²) in [5.74, 6) is 0.313. The minimum Gasteiger partial charge on any atom is -0.396 e. The predicted molar refractivity (Wildman–Crippen MR) is 75.2 cm³/mol. The molecule has 0 aromatic carbocycles. The number of aliphatic hydroxyl groups is 1. The van der Waals surface area contributed by atoms with E-state index in [9.17, 15) is 8.42 Å². The SMILES string of the molecule is CC(CO)CCCNS(=O)(=O)CCc1ccncc1. The molecule has 0 saturated carbocycles. The molecule has 1 aromatic rings. The van der Waals surface area contributed by atoms with E-state index in [-0.39, 0.29) is 18.3 Å². The van der Waals surface area contributed by atoms with Crippen LogP contribution in [0.1, 0.15) is 25.3 Å². The highest BCUT2D eigenvalue weighted by Crippen LogP contribution is 2.04. The van der Waals surface area contributed by atoms with Crippen molar-refractivity contribution < 1.29 is 13.5 Å². The normalized spacial score (nSPS) is 13.4. The van der Waals surface area contributed by atoms with Gasteiger partial charge in [0, 0.05) is 25.5 Å². The maximum atomic E-state index is 11.7. The van der Waals surface area contributed by atoms with Gasteiger partial charge in [-0.15, -0.1) is 0 Å². The average Bonchev–Trinajstić information content (AvgIpc) is 2.42. The first-order valence-corrected chi connectivity index (χ1v) is 8.16. The molecule has 108 valence electrons. The van der Waals surface area contributed by atoms with Gasteiger partial charge in [0.15, 0.2) is 0 Å². The van der Waals surface area contributed by atoms with Gasteiger partial charge in [0.05, 0.1) is 5.75 Å². The van der Waals surface area contributed by atoms with Crippen molar-refractivity contribution in [2.75, 3.05) is 18.9 Å². The number of aryl methyl sites for hydroxylation is 1. The molecule has 0 aliphatic rings. The van der Waals surface area contributed by atoms with Gasteiger partial charge in [-0.05, 0) is 42.9 Å². The summed E-state index contributed by atoms with van der Waals surface area (Å²) in [4.78, 5) is 3.89. The molecule has 2 N–H and O–H groups in total. The highest BCUT2D eigenvalue weighted by atomic mass is 32.2. The molecule has 0 saturated heterocycles. The highest BCUT2D eigenvalue weighted by Gasteiger charge is 2.10. The molecular weight excluding hydrogens is 264 g/mol. The number of hydrogen-bond acceptors (Lipinski definition) is 4. The molecule has 1 rings (SSSR count). The van der Waals surface area contributed by atoms with E-state index in [4.69, 9.17) is 5.11 Å². The molecule has 0 bridgehead atoms. The fourth-order valence-electron chi connectivity index (χ4n) is 1.64. The molecule has 0 spiro atoms. The van der Waals surface area contributed by atoms with Gasteiger partial charge in [0.1, 0.15) is 0 Å². The van der Waals surface area contributed by atoms with Crippen LogP contribution in [-0.4, -0.2) is 37.4 Å². The molecule has 1 unspecified atom stereocenters. The Hall–Kier alpha value is -0.980. The number of hydrogen-bond donors (Lipinski definition) is 2. The molecule has 1 aromatic heterocycles. The molecule has 1 atom stereocenters. The van der Waals surface area contributed by atoms with Crippen molar-refractivity contribution >= 4 is 10.0 Å². The van der Waals surface area contributed by atoms with Gasteiger partial charge in [0.2, 0.25) is 10.0 Å². The Bertz CT molecular complexity index is 448. The number of rotatable bonds is 9. The minimum atomic E-state index is -3.22. The fourth-order valence-corrected chi connectivity index (χ4v) is 2.75. The van der Waals surface area contributed by atoms with E-state index in [1.165, 1.54) is 0 Å². The standard InChI is InChI=1S/C13H22N2O3S/c1-12(11-16)3-2-7-15-19(17,18)10-6-13-4-8-14-9-5-13/h4-5,8-9,12,15-16H,2-3,6-7,10-11H2,1H3. The fraction of sp³-hybridized carbons (Fsp3) is 0.615. The van der Waals surface area contributed by atoms with Crippen LogP contribution in [0.2, 0.25) is 0 Å². The van der Waals surface area contributed by atoms with Gasteiger partial charge in [-0.3, -0.25) is 4.98 Å². The molecule has 1 heterocycles. The smallest absolute Gasteiger partial charge is 0.211 e. The van der Waals surface area contributed by atoms with E-state index in [0.29, 0.717) is 13.0 Å². The summed E-state index contributed by atoms with van der Waals surface area (Å²) in [6, 6.07) is 3.64. The summed E-state index contributed by atoms with van der Waals surface area (Å²) in [5, 5.41) is 8.86. The van der Waals surface area contributed by atoms with Crippen LogP contribution in [0.15, 0.2) is 24.5 Å². The first kappa shape index (κ1) is 16.1. The maximum absolute atomic E-state index is 11.7. The molecule has 6 heteroatoms. The zero-order valence-corrected chi connectivity index (χ0v) is 12.1. The Morgan fingerprint density at radius 2 is 2.05 bits per heavy atom. The third-order valence-electron chi connectivity index (χ3n) is 2.92. The molecular formula is C13H22N2O3S. The van der Waals surface area contributed by atoms with Crippen LogP contribution in [0.5, 0.6) is 0 Å². The van der Waals surface area contributed by atoms with E-state index in [1.807, 2.05) is 19.1 Å². The second-order valence-electron chi connectivity index (χ2n) is 4.75. The molecule has 0 fully saturated rings. The van der Waals surface area contributed by atoms with E-state index >= 15 is 0 Å². The molecule has 0 radical (unpaired) electrons. The summed E-state index contributed by atoms with van der Waals surface area (Å²) in [5.41, 5.74) is 0.967. The molecule has 0 amide bonds. The third-order valence-corrected chi connectivity index (χ3v) is 4.30. The van der Waals surface area contributed by atoms with Gasteiger partial charge >= 0.3 is 0 Å². The van der Waals surface area contributed by atoms with Crippen LogP contribution in [0.25, 0.3) is 0 Å². The largest absolute Gasteiger partial charge is 0.396 e. The lowest BCUT2D eigenvalue weighted by Gasteiger charge is -2.09. The minimum absolute atomic E-state index is 0.0898. The third kappa shape index (κ3) is 7.25. The van der Waals surface area contributed by atoms with E-state index in [0.717, 1.165) is 18.4 Å². The van der Waals surface area contributed by atoms with Gasteiger partial charge < -0.3 is 5.11 Å². The zero-order chi connectivity index (χ0) is 14.1. The number of sulfonamides is 1. The molecule has 0 aliphatic carbocycles. The number of pyridine rings is 1. The van der Waals surface area contributed by atoms with Crippen molar-refractivity contribution in [1.82, 2.24) is 9.71 Å².